The van der Waals surface area contributed by atoms with Crippen molar-refractivity contribution in [3.05, 3.63) is 29.6 Å². The van der Waals surface area contributed by atoms with Crippen LogP contribution in [-0.2, 0) is 11.3 Å². The number of ether oxygens (including phenoxy) is 1. The second kappa shape index (κ2) is 7.41. The van der Waals surface area contributed by atoms with Crippen molar-refractivity contribution in [3.8, 4) is 5.75 Å². The van der Waals surface area contributed by atoms with E-state index in [4.69, 9.17) is 9.84 Å². The van der Waals surface area contributed by atoms with Crippen LogP contribution in [0.1, 0.15) is 33.3 Å². The lowest BCUT2D eigenvalue weighted by atomic mass is 9.95. The third-order valence-corrected chi connectivity index (χ3v) is 2.99. The van der Waals surface area contributed by atoms with Crippen LogP contribution in [-0.4, -0.2) is 24.2 Å². The standard InChI is InChI=1S/C16H24FNO3/c1-11(2)8-18-9-12-5-13(17)7-14(6-12)21-10-16(3,4)15(19)20/h5-7,11,18H,8-10H2,1-4H3,(H,19,20). The van der Waals surface area contributed by atoms with Gasteiger partial charge in [-0.25, -0.2) is 4.39 Å². The topological polar surface area (TPSA) is 58.6 Å². The van der Waals surface area contributed by atoms with E-state index in [2.05, 4.69) is 19.2 Å². The van der Waals surface area contributed by atoms with Crippen LogP contribution in [0, 0.1) is 17.2 Å². The zero-order chi connectivity index (χ0) is 16.0. The maximum atomic E-state index is 13.6. The van der Waals surface area contributed by atoms with Gasteiger partial charge in [0, 0.05) is 12.6 Å². The average molecular weight is 297 g/mol. The number of carboxylic acids is 1. The number of halogens is 1. The van der Waals surface area contributed by atoms with Crippen molar-refractivity contribution in [3.63, 3.8) is 0 Å². The Morgan fingerprint density at radius 1 is 1.38 bits per heavy atom. The summed E-state index contributed by atoms with van der Waals surface area (Å²) in [5, 5.41) is 12.3. The van der Waals surface area contributed by atoms with Gasteiger partial charge in [-0.2, -0.15) is 0 Å². The average Bonchev–Trinajstić information content (AvgIpc) is 2.35. The summed E-state index contributed by atoms with van der Waals surface area (Å²) in [7, 11) is 0. The number of rotatable bonds is 8. The number of carboxylic acid groups (broad SMARTS) is 1. The molecule has 0 heterocycles. The van der Waals surface area contributed by atoms with Gasteiger partial charge in [0.1, 0.15) is 18.2 Å². The van der Waals surface area contributed by atoms with Gasteiger partial charge in [-0.3, -0.25) is 4.79 Å². The molecule has 0 atom stereocenters. The highest BCUT2D eigenvalue weighted by molar-refractivity contribution is 5.73. The van der Waals surface area contributed by atoms with Gasteiger partial charge in [0.2, 0.25) is 0 Å². The van der Waals surface area contributed by atoms with E-state index in [-0.39, 0.29) is 12.4 Å². The molecule has 0 radical (unpaired) electrons. The Morgan fingerprint density at radius 2 is 2.05 bits per heavy atom. The summed E-state index contributed by atoms with van der Waals surface area (Å²) in [6, 6.07) is 4.45. The molecule has 0 saturated carbocycles. The van der Waals surface area contributed by atoms with Gasteiger partial charge in [0.25, 0.3) is 0 Å². The maximum Gasteiger partial charge on any atom is 0.312 e. The largest absolute Gasteiger partial charge is 0.492 e. The SMILES string of the molecule is CC(C)CNCc1cc(F)cc(OCC(C)(C)C(=O)O)c1. The van der Waals surface area contributed by atoms with Crippen LogP contribution in [0.15, 0.2) is 18.2 Å². The molecule has 0 amide bonds. The van der Waals surface area contributed by atoms with E-state index in [1.54, 1.807) is 19.9 Å². The Bertz CT molecular complexity index is 486. The first-order chi connectivity index (χ1) is 9.70. The highest BCUT2D eigenvalue weighted by atomic mass is 19.1. The molecule has 118 valence electrons. The minimum Gasteiger partial charge on any atom is -0.492 e. The molecule has 1 aromatic rings. The van der Waals surface area contributed by atoms with Crippen LogP contribution >= 0.6 is 0 Å². The molecule has 0 fully saturated rings. The lowest BCUT2D eigenvalue weighted by molar-refractivity contribution is -0.148. The van der Waals surface area contributed by atoms with Crippen LogP contribution < -0.4 is 10.1 Å². The minimum absolute atomic E-state index is 0.00928. The molecule has 0 unspecified atom stereocenters. The van der Waals surface area contributed by atoms with E-state index in [1.807, 2.05) is 0 Å². The lowest BCUT2D eigenvalue weighted by Crippen LogP contribution is -2.30. The van der Waals surface area contributed by atoms with E-state index < -0.39 is 11.4 Å². The highest BCUT2D eigenvalue weighted by Crippen LogP contribution is 2.21. The summed E-state index contributed by atoms with van der Waals surface area (Å²) < 4.78 is 19.0. The second-order valence-electron chi connectivity index (χ2n) is 6.30. The second-order valence-corrected chi connectivity index (χ2v) is 6.30. The highest BCUT2D eigenvalue weighted by Gasteiger charge is 2.28. The maximum absolute atomic E-state index is 13.6. The molecular formula is C16H24FNO3. The van der Waals surface area contributed by atoms with E-state index in [1.165, 1.54) is 12.1 Å². The fourth-order valence-electron chi connectivity index (χ4n) is 1.64. The Labute approximate surface area is 125 Å². The monoisotopic (exact) mass is 297 g/mol. The summed E-state index contributed by atoms with van der Waals surface area (Å²) in [5.74, 6) is -0.462. The summed E-state index contributed by atoms with van der Waals surface area (Å²) in [6.45, 7) is 8.72. The molecule has 0 aliphatic rings. The van der Waals surface area contributed by atoms with Crippen molar-refractivity contribution in [2.24, 2.45) is 11.3 Å². The van der Waals surface area contributed by atoms with Gasteiger partial charge in [-0.15, -0.1) is 0 Å². The lowest BCUT2D eigenvalue weighted by Gasteiger charge is -2.20. The van der Waals surface area contributed by atoms with Crippen LogP contribution in [0.25, 0.3) is 0 Å². The van der Waals surface area contributed by atoms with Crippen molar-refractivity contribution in [2.45, 2.75) is 34.2 Å². The fraction of sp³-hybridized carbons (Fsp3) is 0.562. The van der Waals surface area contributed by atoms with Gasteiger partial charge in [-0.05, 0) is 44.0 Å². The first kappa shape index (κ1) is 17.4. The first-order valence-electron chi connectivity index (χ1n) is 7.07. The van der Waals surface area contributed by atoms with Crippen LogP contribution in [0.3, 0.4) is 0 Å². The van der Waals surface area contributed by atoms with Crippen molar-refractivity contribution in [1.82, 2.24) is 5.32 Å². The fourth-order valence-corrected chi connectivity index (χ4v) is 1.64. The zero-order valence-corrected chi connectivity index (χ0v) is 13.1. The third-order valence-electron chi connectivity index (χ3n) is 2.99. The van der Waals surface area contributed by atoms with Crippen molar-refractivity contribution in [2.75, 3.05) is 13.2 Å². The Balaban J connectivity index is 2.67. The van der Waals surface area contributed by atoms with Gasteiger partial charge < -0.3 is 15.2 Å². The number of nitrogens with one attached hydrogen (secondary N) is 1. The molecule has 0 aromatic heterocycles. The molecule has 5 heteroatoms. The zero-order valence-electron chi connectivity index (χ0n) is 13.1. The molecule has 0 bridgehead atoms. The van der Waals surface area contributed by atoms with E-state index in [9.17, 15) is 9.18 Å². The van der Waals surface area contributed by atoms with Crippen molar-refractivity contribution < 1.29 is 19.0 Å². The number of hydrogen-bond donors (Lipinski definition) is 2. The summed E-state index contributed by atoms with van der Waals surface area (Å²) in [6.07, 6.45) is 0. The van der Waals surface area contributed by atoms with Crippen molar-refractivity contribution >= 4 is 5.97 Å². The molecule has 0 spiro atoms. The third kappa shape index (κ3) is 6.12. The summed E-state index contributed by atoms with van der Waals surface area (Å²) in [5.41, 5.74) is -0.235. The molecule has 4 nitrogen and oxygen atoms in total. The Kier molecular flexibility index (Phi) is 6.15. The number of hydrogen-bond acceptors (Lipinski definition) is 3. The molecule has 1 rings (SSSR count). The Morgan fingerprint density at radius 3 is 2.62 bits per heavy atom. The quantitative estimate of drug-likeness (QED) is 0.774. The van der Waals surface area contributed by atoms with Crippen molar-refractivity contribution in [1.29, 1.82) is 0 Å². The molecule has 0 saturated heterocycles. The molecule has 2 N–H and O–H groups in total. The minimum atomic E-state index is -1.01. The molecule has 1 aromatic carbocycles. The normalized spacial score (nSPS) is 11.7. The van der Waals surface area contributed by atoms with Gasteiger partial charge in [-0.1, -0.05) is 13.8 Å². The number of carbonyl (C=O) groups is 1. The Hall–Kier alpha value is -1.62. The predicted octanol–water partition coefficient (Wildman–Crippen LogP) is 3.06. The molecular weight excluding hydrogens is 273 g/mol. The summed E-state index contributed by atoms with van der Waals surface area (Å²) >= 11 is 0. The molecule has 21 heavy (non-hydrogen) atoms. The number of benzene rings is 1. The van der Waals surface area contributed by atoms with Gasteiger partial charge >= 0.3 is 5.97 Å². The van der Waals surface area contributed by atoms with Crippen LogP contribution in [0.5, 0.6) is 5.75 Å². The molecule has 0 aliphatic heterocycles. The van der Waals surface area contributed by atoms with E-state index >= 15 is 0 Å². The van der Waals surface area contributed by atoms with Gasteiger partial charge in [0.15, 0.2) is 0 Å². The van der Waals surface area contributed by atoms with E-state index in [0.29, 0.717) is 18.2 Å². The van der Waals surface area contributed by atoms with Crippen LogP contribution in [0.4, 0.5) is 4.39 Å². The van der Waals surface area contributed by atoms with Crippen LogP contribution in [0.2, 0.25) is 0 Å². The predicted molar refractivity (Wildman–Crippen MR) is 79.9 cm³/mol. The first-order valence-corrected chi connectivity index (χ1v) is 7.07. The number of aliphatic carboxylic acids is 1. The summed E-state index contributed by atoms with van der Waals surface area (Å²) in [4.78, 5) is 11.0. The van der Waals surface area contributed by atoms with Gasteiger partial charge in [0.05, 0.1) is 5.41 Å². The molecule has 0 aliphatic carbocycles. The smallest absolute Gasteiger partial charge is 0.312 e. The van der Waals surface area contributed by atoms with E-state index in [0.717, 1.165) is 12.1 Å².